The molecule has 1 N–H and O–H groups in total. The zero-order valence-electron chi connectivity index (χ0n) is 15.7. The molecule has 26 heavy (non-hydrogen) atoms. The van der Waals surface area contributed by atoms with Crippen LogP contribution < -0.4 is 5.32 Å². The third-order valence-electron chi connectivity index (χ3n) is 5.04. The Morgan fingerprint density at radius 2 is 1.96 bits per heavy atom. The van der Waals surface area contributed by atoms with Crippen LogP contribution in [0.5, 0.6) is 0 Å². The summed E-state index contributed by atoms with van der Waals surface area (Å²) < 4.78 is 25.3. The van der Waals surface area contributed by atoms with Crippen molar-refractivity contribution in [3.8, 4) is 5.69 Å². The van der Waals surface area contributed by atoms with Crippen LogP contribution in [0.3, 0.4) is 0 Å². The van der Waals surface area contributed by atoms with Crippen LogP contribution in [0.15, 0.2) is 30.3 Å². The number of benzene rings is 1. The van der Waals surface area contributed by atoms with Crippen LogP contribution in [0.1, 0.15) is 53.5 Å². The molecule has 1 fully saturated rings. The van der Waals surface area contributed by atoms with Crippen molar-refractivity contribution in [3.05, 3.63) is 52.8 Å². The predicted molar refractivity (Wildman–Crippen MR) is 104 cm³/mol. The van der Waals surface area contributed by atoms with Crippen molar-refractivity contribution >= 4 is 15.7 Å². The average Bonchev–Trinajstić information content (AvgIpc) is 3.06. The highest BCUT2D eigenvalue weighted by molar-refractivity contribution is 7.91. The van der Waals surface area contributed by atoms with Gasteiger partial charge in [0, 0.05) is 23.1 Å². The molecule has 0 spiro atoms. The van der Waals surface area contributed by atoms with E-state index in [-0.39, 0.29) is 23.5 Å². The zero-order valence-corrected chi connectivity index (χ0v) is 16.6. The van der Waals surface area contributed by atoms with Gasteiger partial charge in [0.25, 0.3) is 5.91 Å². The van der Waals surface area contributed by atoms with Gasteiger partial charge in [0.05, 0.1) is 17.1 Å². The van der Waals surface area contributed by atoms with Crippen LogP contribution in [-0.4, -0.2) is 36.4 Å². The molecule has 1 aliphatic rings. The molecular weight excluding hydrogens is 348 g/mol. The first kappa shape index (κ1) is 18.7. The van der Waals surface area contributed by atoms with Gasteiger partial charge in [-0.15, -0.1) is 0 Å². The zero-order chi connectivity index (χ0) is 19.1. The lowest BCUT2D eigenvalue weighted by Crippen LogP contribution is -2.35. The summed E-state index contributed by atoms with van der Waals surface area (Å²) in [6, 6.07) is 9.91. The molecule has 2 aromatic rings. The quantitative estimate of drug-likeness (QED) is 0.894. The van der Waals surface area contributed by atoms with E-state index in [4.69, 9.17) is 0 Å². The Hall–Kier alpha value is -2.08. The Balaban J connectivity index is 1.88. The fourth-order valence-electron chi connectivity index (χ4n) is 3.58. The van der Waals surface area contributed by atoms with Crippen molar-refractivity contribution in [2.24, 2.45) is 0 Å². The maximum Gasteiger partial charge on any atom is 0.253 e. The third kappa shape index (κ3) is 3.70. The molecule has 1 saturated heterocycles. The van der Waals surface area contributed by atoms with E-state index in [1.165, 1.54) is 5.56 Å². The van der Waals surface area contributed by atoms with Crippen molar-refractivity contribution in [1.82, 2.24) is 9.88 Å². The van der Waals surface area contributed by atoms with E-state index in [1.807, 2.05) is 32.0 Å². The van der Waals surface area contributed by atoms with Crippen molar-refractivity contribution < 1.29 is 13.2 Å². The van der Waals surface area contributed by atoms with Gasteiger partial charge < -0.3 is 9.88 Å². The molecule has 140 valence electrons. The molecular formula is C20H26N2O3S. The van der Waals surface area contributed by atoms with Crippen molar-refractivity contribution in [3.63, 3.8) is 0 Å². The molecule has 1 aromatic heterocycles. The first-order valence-corrected chi connectivity index (χ1v) is 10.8. The Morgan fingerprint density at radius 1 is 1.23 bits per heavy atom. The van der Waals surface area contributed by atoms with Gasteiger partial charge in [0.2, 0.25) is 0 Å². The summed E-state index contributed by atoms with van der Waals surface area (Å²) in [4.78, 5) is 12.7. The highest BCUT2D eigenvalue weighted by Gasteiger charge is 2.30. The van der Waals surface area contributed by atoms with Gasteiger partial charge in [-0.05, 0) is 49.9 Å². The lowest BCUT2D eigenvalue weighted by atomic mass is 10.0. The number of hydrogen-bond donors (Lipinski definition) is 1. The Morgan fingerprint density at radius 3 is 2.58 bits per heavy atom. The molecule has 0 bridgehead atoms. The predicted octanol–water partition coefficient (Wildman–Crippen LogP) is 3.13. The standard InChI is InChI=1S/C20H26N2O3S/c1-13(2)16-6-5-7-18(11-16)22-14(3)10-19(15(22)4)20(23)21-17-8-9-26(24,25)12-17/h5-7,10-11,13,17H,8-9,12H2,1-4H3,(H,21,23)/t17-/m1/s1. The summed E-state index contributed by atoms with van der Waals surface area (Å²) in [7, 11) is -3.01. The van der Waals surface area contributed by atoms with Crippen LogP contribution in [-0.2, 0) is 9.84 Å². The molecule has 6 heteroatoms. The largest absolute Gasteiger partial charge is 0.348 e. The number of aromatic nitrogens is 1. The SMILES string of the molecule is Cc1cc(C(=O)N[C@@H]2CCS(=O)(=O)C2)c(C)n1-c1cccc(C(C)C)c1. The smallest absolute Gasteiger partial charge is 0.253 e. The number of hydrogen-bond acceptors (Lipinski definition) is 3. The maximum absolute atomic E-state index is 12.7. The van der Waals surface area contributed by atoms with E-state index in [0.29, 0.717) is 17.9 Å². The first-order valence-electron chi connectivity index (χ1n) is 8.98. The maximum atomic E-state index is 12.7. The number of rotatable bonds is 4. The van der Waals surface area contributed by atoms with Crippen LogP contribution in [0, 0.1) is 13.8 Å². The summed E-state index contributed by atoms with van der Waals surface area (Å²) >= 11 is 0. The van der Waals surface area contributed by atoms with E-state index >= 15 is 0 Å². The molecule has 1 amide bonds. The van der Waals surface area contributed by atoms with Crippen molar-refractivity contribution in [1.29, 1.82) is 0 Å². The average molecular weight is 375 g/mol. The fraction of sp³-hybridized carbons (Fsp3) is 0.450. The number of nitrogens with one attached hydrogen (secondary N) is 1. The minimum atomic E-state index is -3.01. The van der Waals surface area contributed by atoms with Gasteiger partial charge in [-0.3, -0.25) is 4.79 Å². The molecule has 0 aliphatic carbocycles. The van der Waals surface area contributed by atoms with Crippen molar-refractivity contribution in [2.75, 3.05) is 11.5 Å². The second kappa shape index (κ2) is 6.91. The number of carbonyl (C=O) groups excluding carboxylic acids is 1. The van der Waals surface area contributed by atoms with E-state index in [2.05, 4.69) is 35.9 Å². The van der Waals surface area contributed by atoms with Crippen LogP contribution in [0.25, 0.3) is 5.69 Å². The van der Waals surface area contributed by atoms with Gasteiger partial charge in [0.15, 0.2) is 9.84 Å². The number of sulfone groups is 1. The molecule has 0 radical (unpaired) electrons. The van der Waals surface area contributed by atoms with E-state index < -0.39 is 9.84 Å². The Labute approximate surface area is 155 Å². The highest BCUT2D eigenvalue weighted by Crippen LogP contribution is 2.24. The molecule has 1 aliphatic heterocycles. The summed E-state index contributed by atoms with van der Waals surface area (Å²) in [5, 5.41) is 2.88. The molecule has 0 saturated carbocycles. The lowest BCUT2D eigenvalue weighted by Gasteiger charge is -2.14. The van der Waals surface area contributed by atoms with Gasteiger partial charge >= 0.3 is 0 Å². The van der Waals surface area contributed by atoms with E-state index in [9.17, 15) is 13.2 Å². The van der Waals surface area contributed by atoms with E-state index in [0.717, 1.165) is 17.1 Å². The minimum absolute atomic E-state index is 0.0356. The Kier molecular flexibility index (Phi) is 4.97. The summed E-state index contributed by atoms with van der Waals surface area (Å²) in [6.45, 7) is 8.22. The van der Waals surface area contributed by atoms with Gasteiger partial charge in [0.1, 0.15) is 0 Å². The molecule has 1 aromatic carbocycles. The summed E-state index contributed by atoms with van der Waals surface area (Å²) in [6.07, 6.45) is 0.489. The molecule has 1 atom stereocenters. The van der Waals surface area contributed by atoms with Crippen LogP contribution in [0.4, 0.5) is 0 Å². The molecule has 0 unspecified atom stereocenters. The van der Waals surface area contributed by atoms with Crippen LogP contribution in [0.2, 0.25) is 0 Å². The molecule has 5 nitrogen and oxygen atoms in total. The number of carbonyl (C=O) groups is 1. The van der Waals surface area contributed by atoms with Gasteiger partial charge in [-0.25, -0.2) is 8.42 Å². The van der Waals surface area contributed by atoms with Crippen LogP contribution >= 0.6 is 0 Å². The Bertz CT molecular complexity index is 942. The van der Waals surface area contributed by atoms with Gasteiger partial charge in [-0.1, -0.05) is 26.0 Å². The first-order chi connectivity index (χ1) is 12.2. The second-order valence-electron chi connectivity index (χ2n) is 7.44. The summed E-state index contributed by atoms with van der Waals surface area (Å²) in [5.41, 5.74) is 4.72. The molecule has 3 rings (SSSR count). The minimum Gasteiger partial charge on any atom is -0.348 e. The highest BCUT2D eigenvalue weighted by atomic mass is 32.2. The van der Waals surface area contributed by atoms with Crippen molar-refractivity contribution in [2.45, 2.75) is 46.1 Å². The summed E-state index contributed by atoms with van der Waals surface area (Å²) in [5.74, 6) is 0.414. The van der Waals surface area contributed by atoms with Gasteiger partial charge in [-0.2, -0.15) is 0 Å². The molecule has 2 heterocycles. The number of nitrogens with zero attached hydrogens (tertiary/aromatic N) is 1. The fourth-order valence-corrected chi connectivity index (χ4v) is 5.26. The second-order valence-corrected chi connectivity index (χ2v) is 9.67. The topological polar surface area (TPSA) is 68.2 Å². The lowest BCUT2D eigenvalue weighted by molar-refractivity contribution is 0.0940. The monoisotopic (exact) mass is 374 g/mol. The number of aryl methyl sites for hydroxylation is 1. The normalized spacial score (nSPS) is 19.0. The van der Waals surface area contributed by atoms with E-state index in [1.54, 1.807) is 0 Å². The number of amides is 1. The third-order valence-corrected chi connectivity index (χ3v) is 6.81.